The van der Waals surface area contributed by atoms with Gasteiger partial charge in [-0.05, 0) is 42.6 Å². The van der Waals surface area contributed by atoms with Gasteiger partial charge in [0.25, 0.3) is 0 Å². The average molecular weight is 344 g/mol. The lowest BCUT2D eigenvalue weighted by molar-refractivity contribution is 1.16. The van der Waals surface area contributed by atoms with E-state index in [0.29, 0.717) is 11.3 Å². The van der Waals surface area contributed by atoms with Crippen LogP contribution in [0.3, 0.4) is 0 Å². The summed E-state index contributed by atoms with van der Waals surface area (Å²) in [6.45, 7) is 1.99. The van der Waals surface area contributed by atoms with Gasteiger partial charge in [-0.2, -0.15) is 10.5 Å². The molecule has 3 heterocycles. The van der Waals surface area contributed by atoms with Crippen molar-refractivity contribution in [3.63, 3.8) is 0 Å². The number of fused-ring (bicyclic) bond motifs is 2. The number of benzene rings is 1. The molecule has 4 rings (SSSR count). The van der Waals surface area contributed by atoms with Gasteiger partial charge in [0.1, 0.15) is 17.8 Å². The van der Waals surface area contributed by atoms with Gasteiger partial charge in [-0.25, -0.2) is 4.98 Å². The van der Waals surface area contributed by atoms with E-state index in [-0.39, 0.29) is 0 Å². The number of nitrogens with zero attached hydrogens (tertiary/aromatic N) is 4. The van der Waals surface area contributed by atoms with Gasteiger partial charge in [0, 0.05) is 28.9 Å². The van der Waals surface area contributed by atoms with Crippen LogP contribution >= 0.6 is 11.9 Å². The Labute approximate surface area is 147 Å². The van der Waals surface area contributed by atoms with Crippen LogP contribution in [0.4, 0.5) is 5.69 Å². The minimum Gasteiger partial charge on any atom is -0.358 e. The topological polar surface area (TPSA) is 92.7 Å². The molecule has 0 spiro atoms. The molecular formula is C18H12N6S. The summed E-state index contributed by atoms with van der Waals surface area (Å²) in [5.41, 5.74) is 4.65. The highest BCUT2D eigenvalue weighted by atomic mass is 32.2. The number of aromatic nitrogens is 3. The molecule has 0 saturated heterocycles. The molecule has 0 aliphatic heterocycles. The number of pyridine rings is 1. The largest absolute Gasteiger partial charge is 0.358 e. The van der Waals surface area contributed by atoms with E-state index in [4.69, 9.17) is 5.26 Å². The van der Waals surface area contributed by atoms with Crippen molar-refractivity contribution in [1.82, 2.24) is 14.4 Å². The van der Waals surface area contributed by atoms with Gasteiger partial charge in [-0.1, -0.05) is 6.07 Å². The van der Waals surface area contributed by atoms with Crippen molar-refractivity contribution >= 4 is 34.2 Å². The highest BCUT2D eigenvalue weighted by molar-refractivity contribution is 8.00. The Balaban J connectivity index is 1.64. The molecule has 0 amide bonds. The molecule has 3 aromatic heterocycles. The normalized spacial score (nSPS) is 10.7. The molecule has 6 nitrogen and oxygen atoms in total. The third kappa shape index (κ3) is 2.57. The Hall–Kier alpha value is -3.42. The number of nitriles is 2. The number of rotatable bonds is 3. The molecule has 0 aliphatic rings. The van der Waals surface area contributed by atoms with Crippen molar-refractivity contribution in [3.05, 3.63) is 59.7 Å². The number of anilines is 1. The first-order valence-electron chi connectivity index (χ1n) is 7.52. The van der Waals surface area contributed by atoms with Crippen molar-refractivity contribution in [2.24, 2.45) is 0 Å². The van der Waals surface area contributed by atoms with Gasteiger partial charge < -0.3 is 14.1 Å². The number of nitrogens with one attached hydrogen (secondary N) is 2. The maximum absolute atomic E-state index is 9.24. The summed E-state index contributed by atoms with van der Waals surface area (Å²) in [6, 6.07) is 12.1. The first-order chi connectivity index (χ1) is 12.2. The molecule has 0 unspecified atom stereocenters. The molecule has 0 bridgehead atoms. The number of aryl methyl sites for hydroxylation is 1. The molecule has 25 heavy (non-hydrogen) atoms. The zero-order chi connectivity index (χ0) is 17.4. The number of hydrogen-bond acceptors (Lipinski definition) is 5. The molecule has 0 aliphatic carbocycles. The fourth-order valence-electron chi connectivity index (χ4n) is 2.79. The molecule has 0 radical (unpaired) electrons. The molecule has 1 aromatic carbocycles. The Bertz CT molecular complexity index is 1190. The van der Waals surface area contributed by atoms with Crippen molar-refractivity contribution in [1.29, 1.82) is 10.5 Å². The highest BCUT2D eigenvalue weighted by Crippen LogP contribution is 2.31. The minimum atomic E-state index is 0.394. The van der Waals surface area contributed by atoms with Gasteiger partial charge in [-0.3, -0.25) is 0 Å². The van der Waals surface area contributed by atoms with Gasteiger partial charge in [-0.15, -0.1) is 0 Å². The molecule has 2 N–H and O–H groups in total. The van der Waals surface area contributed by atoms with Crippen molar-refractivity contribution in [2.45, 2.75) is 11.8 Å². The number of hydrogen-bond donors (Lipinski definition) is 2. The molecule has 0 fully saturated rings. The van der Waals surface area contributed by atoms with Crippen LogP contribution in [-0.2, 0) is 0 Å². The zero-order valence-electron chi connectivity index (χ0n) is 13.2. The molecular weight excluding hydrogens is 332 g/mol. The summed E-state index contributed by atoms with van der Waals surface area (Å²) < 4.78 is 5.14. The second-order valence-electron chi connectivity index (χ2n) is 5.56. The summed E-state index contributed by atoms with van der Waals surface area (Å²) in [5.74, 6) is 0. The minimum absolute atomic E-state index is 0.394. The summed E-state index contributed by atoms with van der Waals surface area (Å²) in [6.07, 6.45) is 5.30. The van der Waals surface area contributed by atoms with Crippen molar-refractivity contribution in [3.8, 4) is 12.1 Å². The Morgan fingerprint density at radius 1 is 1.24 bits per heavy atom. The average Bonchev–Trinajstić information content (AvgIpc) is 3.24. The summed E-state index contributed by atoms with van der Waals surface area (Å²) in [4.78, 5) is 8.39. The molecule has 0 saturated carbocycles. The number of H-pyrrole nitrogens is 1. The predicted molar refractivity (Wildman–Crippen MR) is 97.1 cm³/mol. The fourth-order valence-corrected chi connectivity index (χ4v) is 3.48. The Morgan fingerprint density at radius 2 is 2.12 bits per heavy atom. The van der Waals surface area contributed by atoms with Crippen LogP contribution in [0.15, 0.2) is 47.8 Å². The monoisotopic (exact) mass is 344 g/mol. The lowest BCUT2D eigenvalue weighted by atomic mass is 10.1. The van der Waals surface area contributed by atoms with E-state index in [1.807, 2.05) is 47.9 Å². The number of aromatic amines is 1. The maximum Gasteiger partial charge on any atom is 0.159 e. The van der Waals surface area contributed by atoms with Crippen molar-refractivity contribution < 1.29 is 0 Å². The fraction of sp³-hybridized carbons (Fsp3) is 0.0556. The lowest BCUT2D eigenvalue weighted by Gasteiger charge is -2.08. The Kier molecular flexibility index (Phi) is 3.57. The van der Waals surface area contributed by atoms with Gasteiger partial charge >= 0.3 is 0 Å². The zero-order valence-corrected chi connectivity index (χ0v) is 14.1. The summed E-state index contributed by atoms with van der Waals surface area (Å²) >= 11 is 1.45. The maximum atomic E-state index is 9.24. The third-order valence-electron chi connectivity index (χ3n) is 3.99. The van der Waals surface area contributed by atoms with Crippen LogP contribution < -0.4 is 4.72 Å². The highest BCUT2D eigenvalue weighted by Gasteiger charge is 2.10. The van der Waals surface area contributed by atoms with E-state index < -0.39 is 0 Å². The molecule has 0 atom stereocenters. The second kappa shape index (κ2) is 5.90. The predicted octanol–water partition coefficient (Wildman–Crippen LogP) is 3.99. The number of imidazole rings is 1. The van der Waals surface area contributed by atoms with Crippen LogP contribution in [0.1, 0.15) is 16.8 Å². The first-order valence-corrected chi connectivity index (χ1v) is 8.34. The molecule has 7 heteroatoms. The quantitative estimate of drug-likeness (QED) is 0.548. The van der Waals surface area contributed by atoms with E-state index in [9.17, 15) is 5.26 Å². The smallest absolute Gasteiger partial charge is 0.159 e. The van der Waals surface area contributed by atoms with Crippen LogP contribution in [-0.4, -0.2) is 14.4 Å². The van der Waals surface area contributed by atoms with E-state index in [2.05, 4.69) is 20.8 Å². The van der Waals surface area contributed by atoms with Crippen LogP contribution in [0, 0.1) is 29.6 Å². The Morgan fingerprint density at radius 3 is 2.92 bits per heavy atom. The first kappa shape index (κ1) is 15.1. The third-order valence-corrected chi connectivity index (χ3v) is 4.80. The van der Waals surface area contributed by atoms with E-state index in [1.54, 1.807) is 12.4 Å². The standard InChI is InChI=1S/C18H12N6S/c1-11-2-3-15(18-17(11)12(7-19)9-21-18)23-25-14-4-5-24-10-13(8-20)22-16(24)6-14/h2-6,9-10,21,23H,1H3. The SMILES string of the molecule is Cc1ccc(NSc2ccn3cc(C#N)nc3c2)c2[nH]cc(C#N)c12. The van der Waals surface area contributed by atoms with Crippen LogP contribution in [0.25, 0.3) is 16.6 Å². The van der Waals surface area contributed by atoms with Crippen LogP contribution in [0.5, 0.6) is 0 Å². The van der Waals surface area contributed by atoms with Gasteiger partial charge in [0.2, 0.25) is 0 Å². The van der Waals surface area contributed by atoms with E-state index in [0.717, 1.165) is 32.7 Å². The van der Waals surface area contributed by atoms with Gasteiger partial charge in [0.15, 0.2) is 5.69 Å². The van der Waals surface area contributed by atoms with E-state index >= 15 is 0 Å². The van der Waals surface area contributed by atoms with E-state index in [1.165, 1.54) is 11.9 Å². The summed E-state index contributed by atoms with van der Waals surface area (Å²) in [5, 5.41) is 19.1. The lowest BCUT2D eigenvalue weighted by Crippen LogP contribution is -1.91. The van der Waals surface area contributed by atoms with Crippen LogP contribution in [0.2, 0.25) is 0 Å². The summed E-state index contributed by atoms with van der Waals surface area (Å²) in [7, 11) is 0. The molecule has 120 valence electrons. The second-order valence-corrected chi connectivity index (χ2v) is 6.44. The molecule has 4 aromatic rings. The van der Waals surface area contributed by atoms with Crippen molar-refractivity contribution in [2.75, 3.05) is 4.72 Å². The van der Waals surface area contributed by atoms with Gasteiger partial charge in [0.05, 0.1) is 16.8 Å².